The molecule has 1 aliphatic heterocycles. The maximum Gasteiger partial charge on any atom is 0.203 e. The number of benzene rings is 1. The quantitative estimate of drug-likeness (QED) is 0.592. The average Bonchev–Trinajstić information content (AvgIpc) is 2.78. The Morgan fingerprint density at radius 1 is 1.40 bits per heavy atom. The summed E-state index contributed by atoms with van der Waals surface area (Å²) in [7, 11) is 1.57. The van der Waals surface area contributed by atoms with Gasteiger partial charge in [0.25, 0.3) is 0 Å². The highest BCUT2D eigenvalue weighted by Crippen LogP contribution is 2.25. The van der Waals surface area contributed by atoms with Crippen LogP contribution in [0, 0.1) is 5.41 Å². The zero-order valence-corrected chi connectivity index (χ0v) is 8.94. The molecule has 1 N–H and O–H groups in total. The van der Waals surface area contributed by atoms with Gasteiger partial charge in [0.15, 0.2) is 0 Å². The summed E-state index contributed by atoms with van der Waals surface area (Å²) >= 11 is 0. The molecule has 1 aliphatic rings. The zero-order chi connectivity index (χ0) is 10.7. The van der Waals surface area contributed by atoms with Crippen LogP contribution < -0.4 is 4.90 Å². The summed E-state index contributed by atoms with van der Waals surface area (Å²) in [6, 6.07) is 10.4. The summed E-state index contributed by atoms with van der Waals surface area (Å²) in [6.45, 7) is 1.01. The molecule has 1 aromatic rings. The third-order valence-corrected chi connectivity index (χ3v) is 2.86. The fraction of sp³-hybridized carbons (Fsp3) is 0.417. The Balaban J connectivity index is 2.18. The standard InChI is InChI=1S/C12H16N2O/c1-15-12(13)11-8-5-9-14(11)10-6-3-2-4-7-10/h2-4,6-7,11,13H,5,8-9H2,1H3. The lowest BCUT2D eigenvalue weighted by Crippen LogP contribution is -2.36. The third kappa shape index (κ3) is 1.96. The minimum absolute atomic E-state index is 0.123. The van der Waals surface area contributed by atoms with E-state index in [1.807, 2.05) is 18.2 Å². The van der Waals surface area contributed by atoms with Crippen molar-refractivity contribution >= 4 is 11.6 Å². The number of hydrogen-bond donors (Lipinski definition) is 1. The molecule has 1 heterocycles. The fourth-order valence-corrected chi connectivity index (χ4v) is 2.10. The molecule has 2 rings (SSSR count). The van der Waals surface area contributed by atoms with Crippen LogP contribution in [0.1, 0.15) is 12.8 Å². The van der Waals surface area contributed by atoms with Crippen molar-refractivity contribution < 1.29 is 4.74 Å². The molecule has 15 heavy (non-hydrogen) atoms. The van der Waals surface area contributed by atoms with Gasteiger partial charge in [-0.2, -0.15) is 0 Å². The van der Waals surface area contributed by atoms with Crippen molar-refractivity contribution in [3.05, 3.63) is 30.3 Å². The van der Waals surface area contributed by atoms with Crippen LogP contribution in [0.4, 0.5) is 5.69 Å². The van der Waals surface area contributed by atoms with E-state index >= 15 is 0 Å². The number of hydrogen-bond acceptors (Lipinski definition) is 3. The van der Waals surface area contributed by atoms with Crippen molar-refractivity contribution in [1.82, 2.24) is 0 Å². The number of para-hydroxylation sites is 1. The van der Waals surface area contributed by atoms with E-state index in [-0.39, 0.29) is 6.04 Å². The normalized spacial score (nSPS) is 20.3. The third-order valence-electron chi connectivity index (χ3n) is 2.86. The molecule has 80 valence electrons. The lowest BCUT2D eigenvalue weighted by atomic mass is 10.2. The number of methoxy groups -OCH3 is 1. The summed E-state index contributed by atoms with van der Waals surface area (Å²) in [4.78, 5) is 2.24. The SMILES string of the molecule is COC(=N)C1CCCN1c1ccccc1. The van der Waals surface area contributed by atoms with Gasteiger partial charge in [-0.25, -0.2) is 0 Å². The van der Waals surface area contributed by atoms with Crippen molar-refractivity contribution in [2.75, 3.05) is 18.6 Å². The molecule has 3 heteroatoms. The van der Waals surface area contributed by atoms with E-state index in [1.54, 1.807) is 7.11 Å². The van der Waals surface area contributed by atoms with Gasteiger partial charge in [-0.05, 0) is 25.0 Å². The van der Waals surface area contributed by atoms with Gasteiger partial charge in [0.1, 0.15) is 6.04 Å². The molecule has 0 saturated carbocycles. The van der Waals surface area contributed by atoms with Gasteiger partial charge in [0.2, 0.25) is 5.90 Å². The molecule has 0 radical (unpaired) electrons. The predicted molar refractivity (Wildman–Crippen MR) is 61.5 cm³/mol. The molecule has 0 bridgehead atoms. The lowest BCUT2D eigenvalue weighted by molar-refractivity contribution is 0.377. The first-order valence-corrected chi connectivity index (χ1v) is 5.27. The fourth-order valence-electron chi connectivity index (χ4n) is 2.10. The second kappa shape index (κ2) is 4.34. The molecule has 1 saturated heterocycles. The van der Waals surface area contributed by atoms with E-state index < -0.39 is 0 Å². The first kappa shape index (κ1) is 10.0. The Labute approximate surface area is 90.2 Å². The monoisotopic (exact) mass is 204 g/mol. The van der Waals surface area contributed by atoms with E-state index in [0.29, 0.717) is 5.90 Å². The topological polar surface area (TPSA) is 36.3 Å². The number of nitrogens with one attached hydrogen (secondary N) is 1. The van der Waals surface area contributed by atoms with E-state index in [2.05, 4.69) is 17.0 Å². The van der Waals surface area contributed by atoms with Crippen LogP contribution in [-0.4, -0.2) is 25.6 Å². The van der Waals surface area contributed by atoms with Crippen molar-refractivity contribution in [3.63, 3.8) is 0 Å². The smallest absolute Gasteiger partial charge is 0.203 e. The van der Waals surface area contributed by atoms with Gasteiger partial charge in [-0.15, -0.1) is 0 Å². The number of rotatable bonds is 2. The van der Waals surface area contributed by atoms with Gasteiger partial charge < -0.3 is 9.64 Å². The number of nitrogens with zero attached hydrogens (tertiary/aromatic N) is 1. The molecule has 0 aliphatic carbocycles. The highest BCUT2D eigenvalue weighted by atomic mass is 16.5. The first-order valence-electron chi connectivity index (χ1n) is 5.27. The van der Waals surface area contributed by atoms with Crippen LogP contribution in [0.15, 0.2) is 30.3 Å². The Kier molecular flexibility index (Phi) is 2.90. The van der Waals surface area contributed by atoms with Gasteiger partial charge in [-0.3, -0.25) is 5.41 Å². The molecule has 1 atom stereocenters. The lowest BCUT2D eigenvalue weighted by Gasteiger charge is -2.26. The van der Waals surface area contributed by atoms with E-state index in [0.717, 1.165) is 19.4 Å². The van der Waals surface area contributed by atoms with Crippen molar-refractivity contribution in [1.29, 1.82) is 5.41 Å². The van der Waals surface area contributed by atoms with Gasteiger partial charge in [0.05, 0.1) is 7.11 Å². The first-order chi connectivity index (χ1) is 7.33. The molecule has 0 aromatic heterocycles. The summed E-state index contributed by atoms with van der Waals surface area (Å²) in [5.74, 6) is 0.372. The molecule has 1 fully saturated rings. The predicted octanol–water partition coefficient (Wildman–Crippen LogP) is 2.28. The molecular weight excluding hydrogens is 188 g/mol. The molecular formula is C12H16N2O. The van der Waals surface area contributed by atoms with E-state index in [1.165, 1.54) is 5.69 Å². The minimum atomic E-state index is 0.123. The van der Waals surface area contributed by atoms with Gasteiger partial charge in [0, 0.05) is 12.2 Å². The van der Waals surface area contributed by atoms with Crippen LogP contribution in [-0.2, 0) is 4.74 Å². The second-order valence-corrected chi connectivity index (χ2v) is 3.76. The Bertz CT molecular complexity index is 337. The Hall–Kier alpha value is -1.51. The Morgan fingerprint density at radius 3 is 2.80 bits per heavy atom. The molecule has 3 nitrogen and oxygen atoms in total. The second-order valence-electron chi connectivity index (χ2n) is 3.76. The number of ether oxygens (including phenoxy) is 1. The average molecular weight is 204 g/mol. The van der Waals surface area contributed by atoms with Crippen molar-refractivity contribution in [3.8, 4) is 0 Å². The highest BCUT2D eigenvalue weighted by Gasteiger charge is 2.28. The molecule has 1 unspecified atom stereocenters. The van der Waals surface area contributed by atoms with Crippen LogP contribution in [0.5, 0.6) is 0 Å². The summed E-state index contributed by atoms with van der Waals surface area (Å²) in [5.41, 5.74) is 1.18. The molecule has 0 spiro atoms. The van der Waals surface area contributed by atoms with Gasteiger partial charge >= 0.3 is 0 Å². The summed E-state index contributed by atoms with van der Waals surface area (Å²) in [6.07, 6.45) is 2.15. The molecule has 1 aromatic carbocycles. The van der Waals surface area contributed by atoms with Crippen molar-refractivity contribution in [2.45, 2.75) is 18.9 Å². The highest BCUT2D eigenvalue weighted by molar-refractivity contribution is 5.83. The van der Waals surface area contributed by atoms with Crippen molar-refractivity contribution in [2.24, 2.45) is 0 Å². The van der Waals surface area contributed by atoms with Gasteiger partial charge in [-0.1, -0.05) is 18.2 Å². The van der Waals surface area contributed by atoms with E-state index in [4.69, 9.17) is 10.1 Å². The Morgan fingerprint density at radius 2 is 2.13 bits per heavy atom. The van der Waals surface area contributed by atoms with Crippen LogP contribution >= 0.6 is 0 Å². The largest absolute Gasteiger partial charge is 0.483 e. The zero-order valence-electron chi connectivity index (χ0n) is 8.94. The summed E-state index contributed by atoms with van der Waals surface area (Å²) in [5, 5.41) is 7.75. The maximum atomic E-state index is 7.75. The molecule has 0 amide bonds. The minimum Gasteiger partial charge on any atom is -0.483 e. The van der Waals surface area contributed by atoms with Crippen LogP contribution in [0.2, 0.25) is 0 Å². The maximum absolute atomic E-state index is 7.75. The van der Waals surface area contributed by atoms with Crippen LogP contribution in [0.3, 0.4) is 0 Å². The number of anilines is 1. The summed E-state index contributed by atoms with van der Waals surface area (Å²) < 4.78 is 5.03. The van der Waals surface area contributed by atoms with Crippen LogP contribution in [0.25, 0.3) is 0 Å². The van der Waals surface area contributed by atoms with E-state index in [9.17, 15) is 0 Å².